The zero-order valence-corrected chi connectivity index (χ0v) is 8.31. The van der Waals surface area contributed by atoms with Crippen molar-refractivity contribution in [2.75, 3.05) is 0 Å². The number of rotatable bonds is 2. The summed E-state index contributed by atoms with van der Waals surface area (Å²) in [5, 5.41) is 8.91. The lowest BCUT2D eigenvalue weighted by molar-refractivity contribution is -0.0150. The monoisotopic (exact) mass is 254 g/mol. The van der Waals surface area contributed by atoms with Crippen LogP contribution < -0.4 is 4.74 Å². The summed E-state index contributed by atoms with van der Waals surface area (Å²) >= 11 is 0. The standard InChI is InChI=1S/C10H7F5O2/c11-5-6(12)8(14)10(9(15)7(5)13)17-4-1-3(16)2-4/h3-4,16H,1-2H2. The summed E-state index contributed by atoms with van der Waals surface area (Å²) in [5.74, 6) is -11.6. The second kappa shape index (κ2) is 4.14. The normalized spacial score (nSPS) is 23.4. The van der Waals surface area contributed by atoms with Crippen LogP contribution in [0.2, 0.25) is 0 Å². The lowest BCUT2D eigenvalue weighted by Crippen LogP contribution is -2.38. The Kier molecular flexibility index (Phi) is 2.94. The maximum Gasteiger partial charge on any atom is 0.207 e. The molecule has 0 heterocycles. The van der Waals surface area contributed by atoms with Gasteiger partial charge in [-0.05, 0) is 0 Å². The van der Waals surface area contributed by atoms with Crippen LogP contribution in [0.15, 0.2) is 0 Å². The largest absolute Gasteiger partial charge is 0.484 e. The van der Waals surface area contributed by atoms with Crippen LogP contribution in [0.25, 0.3) is 0 Å². The van der Waals surface area contributed by atoms with Crippen molar-refractivity contribution in [3.63, 3.8) is 0 Å². The molecule has 7 heteroatoms. The van der Waals surface area contributed by atoms with Crippen molar-refractivity contribution in [3.05, 3.63) is 29.1 Å². The van der Waals surface area contributed by atoms with Crippen molar-refractivity contribution in [2.45, 2.75) is 25.0 Å². The Labute approximate surface area is 92.6 Å². The first-order valence-corrected chi connectivity index (χ1v) is 4.78. The van der Waals surface area contributed by atoms with Gasteiger partial charge in [0.05, 0.1) is 6.10 Å². The molecule has 94 valence electrons. The lowest BCUT2D eigenvalue weighted by atomic mass is 9.92. The average molecular weight is 254 g/mol. The molecule has 0 atom stereocenters. The van der Waals surface area contributed by atoms with Gasteiger partial charge in [-0.25, -0.2) is 13.2 Å². The van der Waals surface area contributed by atoms with Gasteiger partial charge in [0.25, 0.3) is 0 Å². The summed E-state index contributed by atoms with van der Waals surface area (Å²) in [5.41, 5.74) is 0. The van der Waals surface area contributed by atoms with E-state index < -0.39 is 47.0 Å². The highest BCUT2D eigenvalue weighted by atomic mass is 19.2. The van der Waals surface area contributed by atoms with Crippen LogP contribution in [0.3, 0.4) is 0 Å². The van der Waals surface area contributed by atoms with Gasteiger partial charge in [-0.15, -0.1) is 0 Å². The second-order valence-electron chi connectivity index (χ2n) is 3.76. The second-order valence-corrected chi connectivity index (χ2v) is 3.76. The average Bonchev–Trinajstić information content (AvgIpc) is 2.27. The third-order valence-electron chi connectivity index (χ3n) is 2.52. The minimum Gasteiger partial charge on any atom is -0.484 e. The van der Waals surface area contributed by atoms with E-state index in [9.17, 15) is 22.0 Å². The van der Waals surface area contributed by atoms with Gasteiger partial charge < -0.3 is 9.84 Å². The Morgan fingerprint density at radius 3 is 1.65 bits per heavy atom. The van der Waals surface area contributed by atoms with E-state index in [1.807, 2.05) is 0 Å². The maximum atomic E-state index is 13.1. The predicted molar refractivity (Wildman–Crippen MR) is 45.9 cm³/mol. The Morgan fingerprint density at radius 2 is 1.24 bits per heavy atom. The van der Waals surface area contributed by atoms with Crippen molar-refractivity contribution in [1.82, 2.24) is 0 Å². The number of aliphatic hydroxyl groups is 1. The van der Waals surface area contributed by atoms with Crippen molar-refractivity contribution in [1.29, 1.82) is 0 Å². The van der Waals surface area contributed by atoms with Crippen LogP contribution in [0.4, 0.5) is 22.0 Å². The van der Waals surface area contributed by atoms with Crippen molar-refractivity contribution >= 4 is 0 Å². The van der Waals surface area contributed by atoms with Gasteiger partial charge in [0.1, 0.15) is 6.10 Å². The Bertz CT molecular complexity index is 427. The Hall–Kier alpha value is -1.37. The fraction of sp³-hybridized carbons (Fsp3) is 0.400. The smallest absolute Gasteiger partial charge is 0.207 e. The highest BCUT2D eigenvalue weighted by Gasteiger charge is 2.33. The third-order valence-corrected chi connectivity index (χ3v) is 2.52. The van der Waals surface area contributed by atoms with Crippen LogP contribution in [0, 0.1) is 29.1 Å². The summed E-state index contributed by atoms with van der Waals surface area (Å²) < 4.78 is 69.1. The van der Waals surface area contributed by atoms with Crippen LogP contribution in [0.1, 0.15) is 12.8 Å². The number of ether oxygens (including phenoxy) is 1. The summed E-state index contributed by atoms with van der Waals surface area (Å²) in [7, 11) is 0. The van der Waals surface area contributed by atoms with Crippen molar-refractivity contribution in [2.24, 2.45) is 0 Å². The van der Waals surface area contributed by atoms with Crippen molar-refractivity contribution < 1.29 is 31.8 Å². The molecule has 1 fully saturated rings. The quantitative estimate of drug-likeness (QED) is 0.498. The van der Waals surface area contributed by atoms with E-state index in [0.29, 0.717) is 0 Å². The van der Waals surface area contributed by atoms with E-state index in [-0.39, 0.29) is 12.8 Å². The molecule has 17 heavy (non-hydrogen) atoms. The molecule has 0 amide bonds. The minimum atomic E-state index is -2.22. The highest BCUT2D eigenvalue weighted by molar-refractivity contribution is 5.30. The summed E-state index contributed by atoms with van der Waals surface area (Å²) in [6.07, 6.45) is -1.21. The van der Waals surface area contributed by atoms with E-state index in [4.69, 9.17) is 5.11 Å². The molecule has 1 aromatic carbocycles. The van der Waals surface area contributed by atoms with Gasteiger partial charge >= 0.3 is 0 Å². The fourth-order valence-corrected chi connectivity index (χ4v) is 1.49. The van der Waals surface area contributed by atoms with E-state index in [1.165, 1.54) is 0 Å². The van der Waals surface area contributed by atoms with Gasteiger partial charge in [-0.3, -0.25) is 0 Å². The molecule has 0 unspecified atom stereocenters. The minimum absolute atomic E-state index is 0.0967. The number of hydrogen-bond donors (Lipinski definition) is 1. The molecule has 0 saturated heterocycles. The molecule has 0 spiro atoms. The molecule has 1 saturated carbocycles. The number of hydrogen-bond acceptors (Lipinski definition) is 2. The van der Waals surface area contributed by atoms with Crippen LogP contribution in [-0.4, -0.2) is 17.3 Å². The van der Waals surface area contributed by atoms with E-state index in [2.05, 4.69) is 4.74 Å². The lowest BCUT2D eigenvalue weighted by Gasteiger charge is -2.31. The van der Waals surface area contributed by atoms with Crippen LogP contribution in [-0.2, 0) is 0 Å². The molecule has 2 nitrogen and oxygen atoms in total. The topological polar surface area (TPSA) is 29.5 Å². The number of halogens is 5. The highest BCUT2D eigenvalue weighted by Crippen LogP contribution is 2.33. The first-order valence-electron chi connectivity index (χ1n) is 4.78. The SMILES string of the molecule is OC1CC(Oc2c(F)c(F)c(F)c(F)c2F)C1. The maximum absolute atomic E-state index is 13.1. The Morgan fingerprint density at radius 1 is 0.824 bits per heavy atom. The molecule has 1 aliphatic rings. The van der Waals surface area contributed by atoms with E-state index >= 15 is 0 Å². The van der Waals surface area contributed by atoms with Gasteiger partial charge in [-0.1, -0.05) is 0 Å². The van der Waals surface area contributed by atoms with E-state index in [0.717, 1.165) is 0 Å². The molecular weight excluding hydrogens is 247 g/mol. The first-order chi connectivity index (χ1) is 7.91. The van der Waals surface area contributed by atoms with Gasteiger partial charge in [0, 0.05) is 12.8 Å². The molecule has 1 aromatic rings. The zero-order valence-electron chi connectivity index (χ0n) is 8.31. The molecule has 0 aromatic heterocycles. The van der Waals surface area contributed by atoms with Gasteiger partial charge in [0.15, 0.2) is 5.75 Å². The molecule has 2 rings (SSSR count). The first kappa shape index (κ1) is 12.1. The third kappa shape index (κ3) is 1.95. The summed E-state index contributed by atoms with van der Waals surface area (Å²) in [4.78, 5) is 0. The Balaban J connectivity index is 2.33. The number of benzene rings is 1. The number of aliphatic hydroxyl groups excluding tert-OH is 1. The summed E-state index contributed by atoms with van der Waals surface area (Å²) in [6, 6.07) is 0. The van der Waals surface area contributed by atoms with Crippen LogP contribution in [0.5, 0.6) is 5.75 Å². The molecule has 0 aliphatic heterocycles. The van der Waals surface area contributed by atoms with E-state index in [1.54, 1.807) is 0 Å². The van der Waals surface area contributed by atoms with Crippen LogP contribution >= 0.6 is 0 Å². The molecule has 0 radical (unpaired) electrons. The van der Waals surface area contributed by atoms with Gasteiger partial charge in [-0.2, -0.15) is 8.78 Å². The molecule has 0 bridgehead atoms. The molecule has 1 N–H and O–H groups in total. The molecular formula is C10H7F5O2. The summed E-state index contributed by atoms with van der Waals surface area (Å²) in [6.45, 7) is 0. The molecule has 1 aliphatic carbocycles. The van der Waals surface area contributed by atoms with Gasteiger partial charge in [0.2, 0.25) is 29.1 Å². The zero-order chi connectivity index (χ0) is 12.7. The fourth-order valence-electron chi connectivity index (χ4n) is 1.49. The predicted octanol–water partition coefficient (Wildman–Crippen LogP) is 2.28. The van der Waals surface area contributed by atoms with Crippen molar-refractivity contribution in [3.8, 4) is 5.75 Å².